The van der Waals surface area contributed by atoms with Gasteiger partial charge < -0.3 is 4.98 Å². The number of hydrogen-bond donors (Lipinski definition) is 1. The summed E-state index contributed by atoms with van der Waals surface area (Å²) < 4.78 is 0. The number of aromatic nitrogens is 1. The molecule has 17 heavy (non-hydrogen) atoms. The summed E-state index contributed by atoms with van der Waals surface area (Å²) in [5.74, 6) is 0. The van der Waals surface area contributed by atoms with E-state index in [2.05, 4.69) is 35.4 Å². The molecule has 0 atom stereocenters. The van der Waals surface area contributed by atoms with Crippen molar-refractivity contribution in [3.05, 3.63) is 36.2 Å². The molecule has 1 aromatic carbocycles. The fourth-order valence-corrected chi connectivity index (χ4v) is 2.62. The zero-order chi connectivity index (χ0) is 11.5. The van der Waals surface area contributed by atoms with Crippen LogP contribution < -0.4 is 0 Å². The van der Waals surface area contributed by atoms with Crippen LogP contribution in [0.3, 0.4) is 0 Å². The lowest BCUT2D eigenvalue weighted by Gasteiger charge is -2.16. The normalized spacial score (nSPS) is 18.1. The highest BCUT2D eigenvalue weighted by Gasteiger charge is 2.11. The first-order chi connectivity index (χ1) is 8.43. The zero-order valence-corrected chi connectivity index (χ0v) is 10.0. The summed E-state index contributed by atoms with van der Waals surface area (Å²) in [6.07, 6.45) is 10.7. The Morgan fingerprint density at radius 1 is 1.12 bits per heavy atom. The van der Waals surface area contributed by atoms with Gasteiger partial charge in [-0.1, -0.05) is 43.5 Å². The van der Waals surface area contributed by atoms with Gasteiger partial charge in [-0.05, 0) is 18.2 Å². The summed E-state index contributed by atoms with van der Waals surface area (Å²) >= 11 is 0. The molecule has 1 aliphatic carbocycles. The van der Waals surface area contributed by atoms with Gasteiger partial charge in [0.15, 0.2) is 0 Å². The molecule has 1 N–H and O–H groups in total. The molecule has 2 nitrogen and oxygen atoms in total. The van der Waals surface area contributed by atoms with Gasteiger partial charge in [0, 0.05) is 17.8 Å². The molecule has 1 heterocycles. The summed E-state index contributed by atoms with van der Waals surface area (Å²) in [7, 11) is 0. The standard InChI is InChI=1S/C15H18N2/c1-2-7-13(8-3-1)16-11-15-14-9-5-4-6-12(14)10-17-15/h4-6,9-11,13,17H,1-3,7-8H2. The van der Waals surface area contributed by atoms with Crippen molar-refractivity contribution in [3.8, 4) is 0 Å². The second-order valence-corrected chi connectivity index (χ2v) is 4.86. The second kappa shape index (κ2) is 4.74. The number of aromatic amines is 1. The molecule has 0 bridgehead atoms. The van der Waals surface area contributed by atoms with Crippen LogP contribution in [-0.4, -0.2) is 17.2 Å². The van der Waals surface area contributed by atoms with Crippen LogP contribution in [0.1, 0.15) is 37.8 Å². The number of aliphatic imine (C=N–C) groups is 1. The fraction of sp³-hybridized carbons (Fsp3) is 0.400. The maximum Gasteiger partial charge on any atom is 0.0641 e. The SMILES string of the molecule is C(=NC1CCCCC1)c1[nH]cc2ccccc12. The number of nitrogens with zero attached hydrogens (tertiary/aromatic N) is 1. The maximum atomic E-state index is 4.72. The summed E-state index contributed by atoms with van der Waals surface area (Å²) in [6, 6.07) is 8.97. The Hall–Kier alpha value is -1.57. The molecule has 1 aromatic heterocycles. The number of hydrogen-bond acceptors (Lipinski definition) is 1. The Morgan fingerprint density at radius 2 is 1.94 bits per heavy atom. The van der Waals surface area contributed by atoms with Gasteiger partial charge in [0.1, 0.15) is 0 Å². The zero-order valence-electron chi connectivity index (χ0n) is 10.0. The molecule has 0 unspecified atom stereocenters. The van der Waals surface area contributed by atoms with E-state index in [1.165, 1.54) is 42.9 Å². The molecule has 1 saturated carbocycles. The molecule has 2 aromatic rings. The third-order valence-electron chi connectivity index (χ3n) is 3.62. The maximum absolute atomic E-state index is 4.72. The van der Waals surface area contributed by atoms with Crippen molar-refractivity contribution >= 4 is 17.0 Å². The second-order valence-electron chi connectivity index (χ2n) is 4.86. The monoisotopic (exact) mass is 226 g/mol. The minimum absolute atomic E-state index is 0.547. The van der Waals surface area contributed by atoms with Crippen molar-refractivity contribution in [2.75, 3.05) is 0 Å². The van der Waals surface area contributed by atoms with Crippen LogP contribution in [-0.2, 0) is 0 Å². The molecular weight excluding hydrogens is 208 g/mol. The largest absolute Gasteiger partial charge is 0.359 e. The average Bonchev–Trinajstić information content (AvgIpc) is 2.81. The summed E-state index contributed by atoms with van der Waals surface area (Å²) in [5, 5.41) is 2.53. The smallest absolute Gasteiger partial charge is 0.0641 e. The van der Waals surface area contributed by atoms with E-state index in [9.17, 15) is 0 Å². The van der Waals surface area contributed by atoms with Crippen molar-refractivity contribution in [2.45, 2.75) is 38.1 Å². The first-order valence-corrected chi connectivity index (χ1v) is 6.53. The van der Waals surface area contributed by atoms with E-state index < -0.39 is 0 Å². The van der Waals surface area contributed by atoms with Gasteiger partial charge in [-0.25, -0.2) is 0 Å². The number of rotatable bonds is 2. The van der Waals surface area contributed by atoms with Crippen LogP contribution in [0, 0.1) is 0 Å². The Balaban J connectivity index is 1.82. The molecule has 1 aliphatic rings. The topological polar surface area (TPSA) is 28.1 Å². The van der Waals surface area contributed by atoms with E-state index in [1.54, 1.807) is 0 Å². The minimum Gasteiger partial charge on any atom is -0.359 e. The van der Waals surface area contributed by atoms with Crippen LogP contribution in [0.5, 0.6) is 0 Å². The van der Waals surface area contributed by atoms with Gasteiger partial charge in [-0.3, -0.25) is 4.99 Å². The van der Waals surface area contributed by atoms with Crippen molar-refractivity contribution < 1.29 is 0 Å². The third-order valence-corrected chi connectivity index (χ3v) is 3.62. The van der Waals surface area contributed by atoms with Gasteiger partial charge in [0.25, 0.3) is 0 Å². The predicted molar refractivity (Wildman–Crippen MR) is 72.8 cm³/mol. The van der Waals surface area contributed by atoms with E-state index in [-0.39, 0.29) is 0 Å². The number of nitrogens with one attached hydrogen (secondary N) is 1. The molecule has 3 rings (SSSR count). The van der Waals surface area contributed by atoms with Crippen LogP contribution in [0.25, 0.3) is 10.8 Å². The van der Waals surface area contributed by atoms with Gasteiger partial charge in [-0.2, -0.15) is 0 Å². The van der Waals surface area contributed by atoms with E-state index in [4.69, 9.17) is 4.99 Å². The molecular formula is C15H18N2. The molecule has 0 amide bonds. The Bertz CT molecular complexity index is 518. The molecule has 1 fully saturated rings. The highest BCUT2D eigenvalue weighted by atomic mass is 14.8. The molecule has 2 heteroatoms. The summed E-state index contributed by atoms with van der Waals surface area (Å²) in [5.41, 5.74) is 1.14. The highest BCUT2D eigenvalue weighted by molar-refractivity contribution is 5.98. The van der Waals surface area contributed by atoms with Crippen LogP contribution in [0.4, 0.5) is 0 Å². The first kappa shape index (κ1) is 10.6. The highest BCUT2D eigenvalue weighted by Crippen LogP contribution is 2.21. The number of H-pyrrole nitrogens is 1. The molecule has 88 valence electrons. The lowest BCUT2D eigenvalue weighted by molar-refractivity contribution is 0.444. The third kappa shape index (κ3) is 2.26. The Labute approximate surface area is 102 Å². The number of benzene rings is 1. The average molecular weight is 226 g/mol. The van der Waals surface area contributed by atoms with Crippen LogP contribution in [0.2, 0.25) is 0 Å². The fourth-order valence-electron chi connectivity index (χ4n) is 2.62. The number of fused-ring (bicyclic) bond motifs is 1. The van der Waals surface area contributed by atoms with Gasteiger partial charge >= 0.3 is 0 Å². The van der Waals surface area contributed by atoms with Crippen LogP contribution >= 0.6 is 0 Å². The van der Waals surface area contributed by atoms with Gasteiger partial charge in [0.05, 0.1) is 11.7 Å². The molecule has 0 saturated heterocycles. The molecule has 0 radical (unpaired) electrons. The van der Waals surface area contributed by atoms with E-state index in [0.29, 0.717) is 6.04 Å². The van der Waals surface area contributed by atoms with Crippen molar-refractivity contribution in [3.63, 3.8) is 0 Å². The van der Waals surface area contributed by atoms with Crippen molar-refractivity contribution in [1.82, 2.24) is 4.98 Å². The lowest BCUT2D eigenvalue weighted by atomic mass is 9.96. The van der Waals surface area contributed by atoms with E-state index >= 15 is 0 Å². The van der Waals surface area contributed by atoms with Gasteiger partial charge in [-0.15, -0.1) is 0 Å². The van der Waals surface area contributed by atoms with Crippen molar-refractivity contribution in [2.24, 2.45) is 4.99 Å². The molecule has 0 spiro atoms. The van der Waals surface area contributed by atoms with E-state index in [0.717, 1.165) is 5.69 Å². The van der Waals surface area contributed by atoms with Crippen LogP contribution in [0.15, 0.2) is 35.5 Å². The van der Waals surface area contributed by atoms with Gasteiger partial charge in [0.2, 0.25) is 0 Å². The van der Waals surface area contributed by atoms with Crippen molar-refractivity contribution in [1.29, 1.82) is 0 Å². The Morgan fingerprint density at radius 3 is 2.82 bits per heavy atom. The minimum atomic E-state index is 0.547. The molecule has 0 aliphatic heterocycles. The lowest BCUT2D eigenvalue weighted by Crippen LogP contribution is -2.09. The Kier molecular flexibility index (Phi) is 2.95. The predicted octanol–water partition coefficient (Wildman–Crippen LogP) is 3.92. The summed E-state index contributed by atoms with van der Waals surface area (Å²) in [6.45, 7) is 0. The van der Waals surface area contributed by atoms with E-state index in [1.807, 2.05) is 6.21 Å². The first-order valence-electron chi connectivity index (χ1n) is 6.53. The quantitative estimate of drug-likeness (QED) is 0.752. The summed E-state index contributed by atoms with van der Waals surface area (Å²) in [4.78, 5) is 8.02.